The van der Waals surface area contributed by atoms with Crippen LogP contribution in [0, 0.1) is 13.8 Å². The van der Waals surface area contributed by atoms with E-state index in [1.54, 1.807) is 6.20 Å². The van der Waals surface area contributed by atoms with Crippen molar-refractivity contribution in [3.8, 4) is 0 Å². The monoisotopic (exact) mass is 247 g/mol. The summed E-state index contributed by atoms with van der Waals surface area (Å²) in [7, 11) is 0. The van der Waals surface area contributed by atoms with Crippen molar-refractivity contribution in [2.24, 2.45) is 0 Å². The Bertz CT molecular complexity index is 486. The van der Waals surface area contributed by atoms with E-state index in [0.29, 0.717) is 6.54 Å². The third-order valence-corrected chi connectivity index (χ3v) is 3.89. The smallest absolute Gasteiger partial charge is 0.0770 e. The van der Waals surface area contributed by atoms with E-state index in [4.69, 9.17) is 5.73 Å². The molecular formula is C13H17N3S. The number of anilines is 1. The highest BCUT2D eigenvalue weighted by Gasteiger charge is 2.02. The zero-order valence-electron chi connectivity index (χ0n) is 10.2. The third kappa shape index (κ3) is 3.05. The van der Waals surface area contributed by atoms with Gasteiger partial charge < -0.3 is 11.1 Å². The van der Waals surface area contributed by atoms with Crippen LogP contribution >= 0.6 is 11.3 Å². The van der Waals surface area contributed by atoms with Crippen LogP contribution in [-0.4, -0.2) is 4.98 Å². The lowest BCUT2D eigenvalue weighted by Gasteiger charge is -2.05. The predicted octanol–water partition coefficient (Wildman–Crippen LogP) is 2.63. The molecule has 2 aromatic rings. The molecule has 0 spiro atoms. The van der Waals surface area contributed by atoms with Gasteiger partial charge in [0, 0.05) is 29.0 Å². The molecule has 17 heavy (non-hydrogen) atoms. The molecule has 90 valence electrons. The van der Waals surface area contributed by atoms with Crippen LogP contribution in [-0.2, 0) is 13.1 Å². The molecule has 0 fully saturated rings. The molecule has 0 bridgehead atoms. The Balaban J connectivity index is 1.90. The first-order valence-electron chi connectivity index (χ1n) is 5.63. The number of nitrogens with one attached hydrogen (secondary N) is 1. The molecular weight excluding hydrogens is 230 g/mol. The molecule has 0 aliphatic rings. The third-order valence-electron chi connectivity index (χ3n) is 2.73. The minimum Gasteiger partial charge on any atom is -0.397 e. The summed E-state index contributed by atoms with van der Waals surface area (Å²) in [5.41, 5.74) is 8.86. The molecule has 2 aromatic heterocycles. The van der Waals surface area contributed by atoms with Gasteiger partial charge in [0.25, 0.3) is 0 Å². The number of aromatic nitrogens is 1. The molecule has 2 heterocycles. The molecule has 2 rings (SSSR count). The van der Waals surface area contributed by atoms with Gasteiger partial charge in [-0.3, -0.25) is 4.98 Å². The van der Waals surface area contributed by atoms with Gasteiger partial charge in [-0.25, -0.2) is 0 Å². The van der Waals surface area contributed by atoms with Gasteiger partial charge in [0.05, 0.1) is 11.4 Å². The van der Waals surface area contributed by atoms with Crippen molar-refractivity contribution >= 4 is 17.0 Å². The summed E-state index contributed by atoms with van der Waals surface area (Å²) in [4.78, 5) is 6.99. The number of nitrogens with two attached hydrogens (primary N) is 1. The van der Waals surface area contributed by atoms with Crippen LogP contribution in [0.1, 0.15) is 21.0 Å². The van der Waals surface area contributed by atoms with E-state index in [2.05, 4.69) is 30.2 Å². The van der Waals surface area contributed by atoms with Gasteiger partial charge in [-0.1, -0.05) is 0 Å². The number of thiophene rings is 1. The fourth-order valence-corrected chi connectivity index (χ4v) is 2.66. The standard InChI is InChI=1S/C13H17N3S/c1-9-6-11(17-10(9)2)7-15-8-13-12(14)4-3-5-16-13/h3-6,15H,7-8,14H2,1-2H3. The molecule has 3 nitrogen and oxygen atoms in total. The summed E-state index contributed by atoms with van der Waals surface area (Å²) in [5.74, 6) is 0. The second-order valence-electron chi connectivity index (χ2n) is 4.09. The topological polar surface area (TPSA) is 50.9 Å². The molecule has 0 aliphatic heterocycles. The average Bonchev–Trinajstić information content (AvgIpc) is 2.61. The van der Waals surface area contributed by atoms with Crippen molar-refractivity contribution in [3.05, 3.63) is 45.4 Å². The molecule has 0 atom stereocenters. The molecule has 0 amide bonds. The van der Waals surface area contributed by atoms with E-state index in [-0.39, 0.29) is 0 Å². The van der Waals surface area contributed by atoms with Crippen LogP contribution in [0.2, 0.25) is 0 Å². The van der Waals surface area contributed by atoms with Gasteiger partial charge in [-0.05, 0) is 37.6 Å². The van der Waals surface area contributed by atoms with Gasteiger partial charge in [0.2, 0.25) is 0 Å². The SMILES string of the molecule is Cc1cc(CNCc2ncccc2N)sc1C. The number of nitrogens with zero attached hydrogens (tertiary/aromatic N) is 1. The Morgan fingerprint density at radius 3 is 2.82 bits per heavy atom. The number of nitrogen functional groups attached to an aromatic ring is 1. The minimum atomic E-state index is 0.711. The molecule has 0 radical (unpaired) electrons. The first-order valence-corrected chi connectivity index (χ1v) is 6.44. The Hall–Kier alpha value is -1.39. The second kappa shape index (κ2) is 5.29. The zero-order chi connectivity index (χ0) is 12.3. The van der Waals surface area contributed by atoms with Gasteiger partial charge in [0.15, 0.2) is 0 Å². The van der Waals surface area contributed by atoms with Crippen molar-refractivity contribution in [3.63, 3.8) is 0 Å². The van der Waals surface area contributed by atoms with E-state index in [1.807, 2.05) is 23.5 Å². The maximum absolute atomic E-state index is 5.83. The maximum atomic E-state index is 5.83. The van der Waals surface area contributed by atoms with Crippen LogP contribution in [0.3, 0.4) is 0 Å². The van der Waals surface area contributed by atoms with Crippen LogP contribution in [0.25, 0.3) is 0 Å². The summed E-state index contributed by atoms with van der Waals surface area (Å²) in [6.07, 6.45) is 1.77. The number of pyridine rings is 1. The molecule has 0 aliphatic carbocycles. The van der Waals surface area contributed by atoms with Crippen LogP contribution < -0.4 is 11.1 Å². The fourth-order valence-electron chi connectivity index (χ4n) is 1.64. The Morgan fingerprint density at radius 2 is 2.18 bits per heavy atom. The first-order chi connectivity index (χ1) is 8.16. The van der Waals surface area contributed by atoms with Crippen molar-refractivity contribution in [1.82, 2.24) is 10.3 Å². The second-order valence-corrected chi connectivity index (χ2v) is 5.44. The van der Waals surface area contributed by atoms with E-state index in [1.165, 1.54) is 15.3 Å². The van der Waals surface area contributed by atoms with Gasteiger partial charge in [0.1, 0.15) is 0 Å². The van der Waals surface area contributed by atoms with Gasteiger partial charge in [-0.2, -0.15) is 0 Å². The number of rotatable bonds is 4. The summed E-state index contributed by atoms with van der Waals surface area (Å²) in [6.45, 7) is 5.88. The molecule has 4 heteroatoms. The summed E-state index contributed by atoms with van der Waals surface area (Å²) >= 11 is 1.84. The van der Waals surface area contributed by atoms with Gasteiger partial charge >= 0.3 is 0 Å². The largest absolute Gasteiger partial charge is 0.397 e. The summed E-state index contributed by atoms with van der Waals surface area (Å²) in [6, 6.07) is 5.96. The van der Waals surface area contributed by atoms with Crippen molar-refractivity contribution < 1.29 is 0 Å². The highest BCUT2D eigenvalue weighted by Crippen LogP contribution is 2.20. The van der Waals surface area contributed by atoms with Crippen LogP contribution in [0.5, 0.6) is 0 Å². The lowest BCUT2D eigenvalue weighted by Crippen LogP contribution is -2.14. The highest BCUT2D eigenvalue weighted by atomic mass is 32.1. The number of hydrogen-bond acceptors (Lipinski definition) is 4. The van der Waals surface area contributed by atoms with Crippen LogP contribution in [0.15, 0.2) is 24.4 Å². The molecule has 3 N–H and O–H groups in total. The normalized spacial score (nSPS) is 10.7. The summed E-state index contributed by atoms with van der Waals surface area (Å²) < 4.78 is 0. The van der Waals surface area contributed by atoms with E-state index in [0.717, 1.165) is 17.9 Å². The van der Waals surface area contributed by atoms with E-state index in [9.17, 15) is 0 Å². The number of aryl methyl sites for hydroxylation is 2. The van der Waals surface area contributed by atoms with E-state index < -0.39 is 0 Å². The minimum absolute atomic E-state index is 0.711. The highest BCUT2D eigenvalue weighted by molar-refractivity contribution is 7.12. The zero-order valence-corrected chi connectivity index (χ0v) is 11.0. The lowest BCUT2D eigenvalue weighted by molar-refractivity contribution is 0.688. The Morgan fingerprint density at radius 1 is 1.35 bits per heavy atom. The first kappa shape index (κ1) is 12.1. The predicted molar refractivity (Wildman–Crippen MR) is 73.0 cm³/mol. The summed E-state index contributed by atoms with van der Waals surface area (Å²) in [5, 5.41) is 3.37. The Kier molecular flexibility index (Phi) is 3.76. The number of hydrogen-bond donors (Lipinski definition) is 2. The van der Waals surface area contributed by atoms with Crippen molar-refractivity contribution in [1.29, 1.82) is 0 Å². The van der Waals surface area contributed by atoms with Crippen molar-refractivity contribution in [2.75, 3.05) is 5.73 Å². The molecule has 0 saturated carbocycles. The van der Waals surface area contributed by atoms with Crippen LogP contribution in [0.4, 0.5) is 5.69 Å². The Labute approximate surface area is 106 Å². The molecule has 0 saturated heterocycles. The van der Waals surface area contributed by atoms with Gasteiger partial charge in [-0.15, -0.1) is 11.3 Å². The average molecular weight is 247 g/mol. The van der Waals surface area contributed by atoms with Crippen molar-refractivity contribution in [2.45, 2.75) is 26.9 Å². The molecule has 0 aromatic carbocycles. The fraction of sp³-hybridized carbons (Fsp3) is 0.308. The quantitative estimate of drug-likeness (QED) is 0.873. The van der Waals surface area contributed by atoms with E-state index >= 15 is 0 Å². The maximum Gasteiger partial charge on any atom is 0.0770 e. The lowest BCUT2D eigenvalue weighted by atomic mass is 10.3. The molecule has 0 unspecified atom stereocenters.